The highest BCUT2D eigenvalue weighted by Gasteiger charge is 2.29. The van der Waals surface area contributed by atoms with E-state index in [1.807, 2.05) is 24.3 Å². The lowest BCUT2D eigenvalue weighted by Gasteiger charge is -2.11. The topological polar surface area (TPSA) is 70.7 Å². The van der Waals surface area contributed by atoms with Crippen molar-refractivity contribution in [2.24, 2.45) is 0 Å². The number of nitrogens with one attached hydrogen (secondary N) is 2. The van der Waals surface area contributed by atoms with Crippen LogP contribution in [0.5, 0.6) is 0 Å². The van der Waals surface area contributed by atoms with Gasteiger partial charge >= 0.3 is 12.1 Å². The summed E-state index contributed by atoms with van der Waals surface area (Å²) in [7, 11) is 1.70. The monoisotopic (exact) mass is 359 g/mol. The van der Waals surface area contributed by atoms with Gasteiger partial charge in [-0.1, -0.05) is 35.9 Å². The van der Waals surface area contributed by atoms with Gasteiger partial charge in [0, 0.05) is 24.3 Å². The largest absolute Gasteiger partial charge is 0.439 e. The number of rotatable bonds is 4. The fourth-order valence-electron chi connectivity index (χ4n) is 2.49. The van der Waals surface area contributed by atoms with Gasteiger partial charge in [0.05, 0.1) is 6.54 Å². The number of urea groups is 1. The van der Waals surface area contributed by atoms with Crippen LogP contribution in [0.15, 0.2) is 48.5 Å². The Morgan fingerprint density at radius 2 is 1.88 bits per heavy atom. The number of cyclic esters (lactones) is 1. The van der Waals surface area contributed by atoms with Crippen molar-refractivity contribution in [3.63, 3.8) is 0 Å². The van der Waals surface area contributed by atoms with Crippen molar-refractivity contribution >= 4 is 29.4 Å². The molecule has 0 unspecified atom stereocenters. The fraction of sp³-hybridized carbons (Fsp3) is 0.222. The molecule has 0 radical (unpaired) electrons. The molecule has 2 N–H and O–H groups in total. The summed E-state index contributed by atoms with van der Waals surface area (Å²) in [5.74, 6) is 0. The normalized spacial score (nSPS) is 16.5. The lowest BCUT2D eigenvalue weighted by molar-refractivity contribution is 0.135. The van der Waals surface area contributed by atoms with Crippen LogP contribution in [0.3, 0.4) is 0 Å². The summed E-state index contributed by atoms with van der Waals surface area (Å²) in [6, 6.07) is 14.2. The number of benzene rings is 2. The number of ether oxygens (including phenoxy) is 1. The molecule has 6 nitrogen and oxygen atoms in total. The Morgan fingerprint density at radius 1 is 1.20 bits per heavy atom. The van der Waals surface area contributed by atoms with Crippen molar-refractivity contribution in [1.82, 2.24) is 10.2 Å². The highest BCUT2D eigenvalue weighted by molar-refractivity contribution is 6.30. The average molecular weight is 360 g/mol. The molecule has 0 saturated carbocycles. The van der Waals surface area contributed by atoms with E-state index in [9.17, 15) is 9.59 Å². The number of hydrogen-bond donors (Lipinski definition) is 2. The van der Waals surface area contributed by atoms with E-state index in [4.69, 9.17) is 16.3 Å². The Hall–Kier alpha value is -2.73. The molecule has 1 fully saturated rings. The SMILES string of the molecule is CN1C[C@@H](c2ccc(NC(=O)NCc3ccc(Cl)cc3)cc2)OC1=O. The van der Waals surface area contributed by atoms with Crippen molar-refractivity contribution in [2.45, 2.75) is 12.6 Å². The second-order valence-electron chi connectivity index (χ2n) is 5.81. The molecule has 3 amide bonds. The average Bonchev–Trinajstić information content (AvgIpc) is 2.94. The number of carbonyl (C=O) groups is 2. The van der Waals surface area contributed by atoms with Crippen LogP contribution in [-0.2, 0) is 11.3 Å². The van der Waals surface area contributed by atoms with Gasteiger partial charge in [-0.25, -0.2) is 9.59 Å². The minimum atomic E-state index is -0.325. The maximum atomic E-state index is 12.0. The molecule has 25 heavy (non-hydrogen) atoms. The third-order valence-electron chi connectivity index (χ3n) is 3.90. The first-order valence-electron chi connectivity index (χ1n) is 7.82. The van der Waals surface area contributed by atoms with E-state index in [0.29, 0.717) is 23.8 Å². The first-order chi connectivity index (χ1) is 12.0. The van der Waals surface area contributed by atoms with Crippen molar-refractivity contribution in [1.29, 1.82) is 0 Å². The Morgan fingerprint density at radius 3 is 2.48 bits per heavy atom. The lowest BCUT2D eigenvalue weighted by Crippen LogP contribution is -2.28. The summed E-state index contributed by atoms with van der Waals surface area (Å²) < 4.78 is 5.25. The fourth-order valence-corrected chi connectivity index (χ4v) is 2.61. The Labute approximate surface area is 150 Å². The molecule has 3 rings (SSSR count). The molecular formula is C18H18ClN3O3. The molecule has 1 saturated heterocycles. The van der Waals surface area contributed by atoms with Crippen LogP contribution in [0.1, 0.15) is 17.2 Å². The van der Waals surface area contributed by atoms with Gasteiger partial charge in [-0.3, -0.25) is 0 Å². The highest BCUT2D eigenvalue weighted by Crippen LogP contribution is 2.26. The first kappa shape index (κ1) is 17.1. The smallest absolute Gasteiger partial charge is 0.410 e. The van der Waals surface area contributed by atoms with Crippen LogP contribution in [-0.4, -0.2) is 30.6 Å². The minimum absolute atomic E-state index is 0.273. The van der Waals surface area contributed by atoms with Crippen LogP contribution in [0.2, 0.25) is 5.02 Å². The summed E-state index contributed by atoms with van der Waals surface area (Å²) in [4.78, 5) is 24.9. The summed E-state index contributed by atoms with van der Waals surface area (Å²) in [5, 5.41) is 6.20. The maximum Gasteiger partial charge on any atom is 0.410 e. The van der Waals surface area contributed by atoms with Crippen molar-refractivity contribution in [3.8, 4) is 0 Å². The molecule has 0 spiro atoms. The van der Waals surface area contributed by atoms with Crippen molar-refractivity contribution in [3.05, 3.63) is 64.7 Å². The Bertz CT molecular complexity index is 762. The van der Waals surface area contributed by atoms with E-state index < -0.39 is 0 Å². The van der Waals surface area contributed by atoms with Crippen LogP contribution in [0.4, 0.5) is 15.3 Å². The zero-order valence-corrected chi connectivity index (χ0v) is 14.4. The van der Waals surface area contributed by atoms with E-state index in [1.165, 1.54) is 4.90 Å². The van der Waals surface area contributed by atoms with Crippen LogP contribution >= 0.6 is 11.6 Å². The number of carbonyl (C=O) groups excluding carboxylic acids is 2. The summed E-state index contributed by atoms with van der Waals surface area (Å²) in [6.45, 7) is 0.929. The minimum Gasteiger partial charge on any atom is -0.439 e. The number of halogens is 1. The number of likely N-dealkylation sites (N-methyl/N-ethyl adjacent to an activating group) is 1. The third kappa shape index (κ3) is 4.42. The molecule has 2 aromatic carbocycles. The molecule has 1 atom stereocenters. The van der Waals surface area contributed by atoms with Gasteiger partial charge in [0.15, 0.2) is 0 Å². The Balaban J connectivity index is 1.51. The number of amides is 3. The van der Waals surface area contributed by atoms with E-state index in [0.717, 1.165) is 11.1 Å². The summed E-state index contributed by atoms with van der Waals surface area (Å²) in [6.07, 6.45) is -0.598. The zero-order valence-electron chi connectivity index (χ0n) is 13.7. The highest BCUT2D eigenvalue weighted by atomic mass is 35.5. The van der Waals surface area contributed by atoms with Crippen molar-refractivity contribution < 1.29 is 14.3 Å². The number of anilines is 1. The van der Waals surface area contributed by atoms with E-state index in [1.54, 1.807) is 31.3 Å². The number of hydrogen-bond acceptors (Lipinski definition) is 3. The molecule has 130 valence electrons. The van der Waals surface area contributed by atoms with E-state index in [-0.39, 0.29) is 18.2 Å². The van der Waals surface area contributed by atoms with Crippen LogP contribution in [0.25, 0.3) is 0 Å². The van der Waals surface area contributed by atoms with Gasteiger partial charge in [-0.2, -0.15) is 0 Å². The second-order valence-corrected chi connectivity index (χ2v) is 6.25. The van der Waals surface area contributed by atoms with E-state index in [2.05, 4.69) is 10.6 Å². The predicted molar refractivity (Wildman–Crippen MR) is 95.6 cm³/mol. The van der Waals surface area contributed by atoms with Crippen LogP contribution < -0.4 is 10.6 Å². The molecule has 1 heterocycles. The zero-order chi connectivity index (χ0) is 17.8. The molecule has 7 heteroatoms. The van der Waals surface area contributed by atoms with Gasteiger partial charge in [0.1, 0.15) is 6.10 Å². The standard InChI is InChI=1S/C18H18ClN3O3/c1-22-11-16(25-18(22)24)13-4-8-15(9-5-13)21-17(23)20-10-12-2-6-14(19)7-3-12/h2-9,16H,10-11H2,1H3,(H2,20,21,23)/t16-/m0/s1. The third-order valence-corrected chi connectivity index (χ3v) is 4.15. The quantitative estimate of drug-likeness (QED) is 0.872. The first-order valence-corrected chi connectivity index (χ1v) is 8.20. The molecule has 2 aromatic rings. The molecule has 0 bridgehead atoms. The number of nitrogens with zero attached hydrogens (tertiary/aromatic N) is 1. The lowest BCUT2D eigenvalue weighted by atomic mass is 10.1. The van der Waals surface area contributed by atoms with E-state index >= 15 is 0 Å². The van der Waals surface area contributed by atoms with Gasteiger partial charge in [0.2, 0.25) is 0 Å². The van der Waals surface area contributed by atoms with Gasteiger partial charge in [0.25, 0.3) is 0 Å². The van der Waals surface area contributed by atoms with Crippen LogP contribution in [0, 0.1) is 0 Å². The summed E-state index contributed by atoms with van der Waals surface area (Å²) >= 11 is 5.83. The predicted octanol–water partition coefficient (Wildman–Crippen LogP) is 3.78. The molecule has 0 aliphatic carbocycles. The summed E-state index contributed by atoms with van der Waals surface area (Å²) in [5.41, 5.74) is 2.52. The van der Waals surface area contributed by atoms with Gasteiger partial charge in [-0.15, -0.1) is 0 Å². The Kier molecular flexibility index (Phi) is 5.09. The molecule has 1 aliphatic heterocycles. The molecule has 0 aromatic heterocycles. The second kappa shape index (κ2) is 7.44. The van der Waals surface area contributed by atoms with Gasteiger partial charge in [-0.05, 0) is 35.4 Å². The van der Waals surface area contributed by atoms with Crippen molar-refractivity contribution in [2.75, 3.05) is 18.9 Å². The molecular weight excluding hydrogens is 342 g/mol. The molecule has 1 aliphatic rings. The van der Waals surface area contributed by atoms with Gasteiger partial charge < -0.3 is 20.3 Å². The maximum absolute atomic E-state index is 12.0.